The molecule has 1 atom stereocenters. The molecular weight excluding hydrogens is 265 g/mol. The molecule has 110 valence electrons. The number of ether oxygens (including phenoxy) is 1. The van der Waals surface area contributed by atoms with E-state index in [1.54, 1.807) is 12.1 Å². The number of alkyl halides is 1. The summed E-state index contributed by atoms with van der Waals surface area (Å²) in [5.41, 5.74) is 9.08. The van der Waals surface area contributed by atoms with Gasteiger partial charge in [0, 0.05) is 5.56 Å². The number of hydrogen-bond acceptors (Lipinski definition) is 2. The van der Waals surface area contributed by atoms with Crippen molar-refractivity contribution in [2.24, 2.45) is 5.73 Å². The Kier molecular flexibility index (Phi) is 4.20. The molecule has 3 rings (SSSR count). The highest BCUT2D eigenvalue weighted by Crippen LogP contribution is 2.34. The molecule has 0 aromatic heterocycles. The summed E-state index contributed by atoms with van der Waals surface area (Å²) in [5, 5.41) is 0. The van der Waals surface area contributed by atoms with Crippen molar-refractivity contribution in [3.63, 3.8) is 0 Å². The second-order valence-electron chi connectivity index (χ2n) is 5.53. The van der Waals surface area contributed by atoms with Gasteiger partial charge in [0.15, 0.2) is 0 Å². The van der Waals surface area contributed by atoms with Crippen LogP contribution in [0.2, 0.25) is 0 Å². The number of rotatable bonds is 4. The molecule has 0 amide bonds. The van der Waals surface area contributed by atoms with Gasteiger partial charge in [-0.3, -0.25) is 0 Å². The van der Waals surface area contributed by atoms with Crippen molar-refractivity contribution in [2.75, 3.05) is 6.54 Å². The SMILES string of the molecule is NCC1CCCc2cc(Oc3ccccc3CF)ccc21. The van der Waals surface area contributed by atoms with Crippen LogP contribution in [0.3, 0.4) is 0 Å². The molecule has 0 spiro atoms. The van der Waals surface area contributed by atoms with E-state index in [4.69, 9.17) is 10.5 Å². The Bertz CT molecular complexity index is 626. The highest BCUT2D eigenvalue weighted by Gasteiger charge is 2.19. The Morgan fingerprint density at radius 2 is 2.05 bits per heavy atom. The second-order valence-corrected chi connectivity index (χ2v) is 5.53. The van der Waals surface area contributed by atoms with Gasteiger partial charge >= 0.3 is 0 Å². The summed E-state index contributed by atoms with van der Waals surface area (Å²) in [4.78, 5) is 0. The molecule has 0 fully saturated rings. The molecule has 0 radical (unpaired) electrons. The molecule has 0 aliphatic heterocycles. The van der Waals surface area contributed by atoms with Crippen molar-refractivity contribution < 1.29 is 9.13 Å². The number of hydrogen-bond donors (Lipinski definition) is 1. The molecule has 1 aliphatic carbocycles. The van der Waals surface area contributed by atoms with Gasteiger partial charge in [-0.05, 0) is 61.1 Å². The lowest BCUT2D eigenvalue weighted by atomic mass is 9.83. The van der Waals surface area contributed by atoms with E-state index in [2.05, 4.69) is 12.1 Å². The average molecular weight is 285 g/mol. The normalized spacial score (nSPS) is 17.3. The van der Waals surface area contributed by atoms with Crippen LogP contribution in [0.25, 0.3) is 0 Å². The molecule has 1 unspecified atom stereocenters. The third-order valence-corrected chi connectivity index (χ3v) is 4.18. The molecule has 2 N–H and O–H groups in total. The van der Waals surface area contributed by atoms with Crippen LogP contribution < -0.4 is 10.5 Å². The summed E-state index contributed by atoms with van der Waals surface area (Å²) in [6, 6.07) is 13.4. The van der Waals surface area contributed by atoms with E-state index >= 15 is 0 Å². The molecule has 2 aromatic carbocycles. The highest BCUT2D eigenvalue weighted by atomic mass is 19.1. The van der Waals surface area contributed by atoms with E-state index in [0.717, 1.165) is 18.6 Å². The van der Waals surface area contributed by atoms with E-state index < -0.39 is 6.67 Å². The van der Waals surface area contributed by atoms with Crippen molar-refractivity contribution in [1.82, 2.24) is 0 Å². The van der Waals surface area contributed by atoms with Gasteiger partial charge in [0.2, 0.25) is 0 Å². The fourth-order valence-electron chi connectivity index (χ4n) is 3.04. The van der Waals surface area contributed by atoms with Crippen LogP contribution in [0.1, 0.15) is 35.4 Å². The van der Waals surface area contributed by atoms with Crippen LogP contribution in [-0.4, -0.2) is 6.54 Å². The second kappa shape index (κ2) is 6.27. The average Bonchev–Trinajstić information content (AvgIpc) is 2.54. The third kappa shape index (κ3) is 2.93. The van der Waals surface area contributed by atoms with Crippen LogP contribution in [-0.2, 0) is 13.1 Å². The number of para-hydroxylation sites is 1. The Morgan fingerprint density at radius 3 is 2.86 bits per heavy atom. The van der Waals surface area contributed by atoms with Gasteiger partial charge in [0.05, 0.1) is 0 Å². The van der Waals surface area contributed by atoms with E-state index in [1.807, 2.05) is 18.2 Å². The molecule has 2 aromatic rings. The number of fused-ring (bicyclic) bond motifs is 1. The Hall–Kier alpha value is -1.87. The first-order valence-corrected chi connectivity index (χ1v) is 7.46. The van der Waals surface area contributed by atoms with Crippen LogP contribution in [0.15, 0.2) is 42.5 Å². The zero-order valence-electron chi connectivity index (χ0n) is 12.0. The van der Waals surface area contributed by atoms with Gasteiger partial charge < -0.3 is 10.5 Å². The standard InChI is InChI=1S/C18H20FNO/c19-11-14-4-1-2-7-18(14)21-16-8-9-17-13(10-16)5-3-6-15(17)12-20/h1-2,4,7-10,15H,3,5-6,11-12,20H2. The predicted octanol–water partition coefficient (Wildman–Crippen LogP) is 4.33. The van der Waals surface area contributed by atoms with Gasteiger partial charge in [-0.1, -0.05) is 24.3 Å². The third-order valence-electron chi connectivity index (χ3n) is 4.18. The van der Waals surface area contributed by atoms with Gasteiger partial charge in [-0.25, -0.2) is 4.39 Å². The first-order chi connectivity index (χ1) is 10.3. The molecule has 3 heteroatoms. The fourth-order valence-corrected chi connectivity index (χ4v) is 3.04. The van der Waals surface area contributed by atoms with Crippen molar-refractivity contribution in [1.29, 1.82) is 0 Å². The Balaban J connectivity index is 1.87. The van der Waals surface area contributed by atoms with E-state index in [1.165, 1.54) is 17.5 Å². The molecule has 21 heavy (non-hydrogen) atoms. The van der Waals surface area contributed by atoms with Crippen molar-refractivity contribution in [3.8, 4) is 11.5 Å². The van der Waals surface area contributed by atoms with Gasteiger partial charge in [-0.2, -0.15) is 0 Å². The van der Waals surface area contributed by atoms with E-state index in [9.17, 15) is 4.39 Å². The van der Waals surface area contributed by atoms with Crippen LogP contribution in [0, 0.1) is 0 Å². The van der Waals surface area contributed by atoms with Gasteiger partial charge in [-0.15, -0.1) is 0 Å². The van der Waals surface area contributed by atoms with Crippen molar-refractivity contribution in [2.45, 2.75) is 31.9 Å². The number of nitrogens with two attached hydrogens (primary N) is 1. The van der Waals surface area contributed by atoms with E-state index in [0.29, 0.717) is 23.8 Å². The van der Waals surface area contributed by atoms with E-state index in [-0.39, 0.29) is 0 Å². The van der Waals surface area contributed by atoms with Gasteiger partial charge in [0.1, 0.15) is 18.2 Å². The lowest BCUT2D eigenvalue weighted by molar-refractivity contribution is 0.438. The number of aryl methyl sites for hydroxylation is 1. The minimum Gasteiger partial charge on any atom is -0.457 e. The predicted molar refractivity (Wildman–Crippen MR) is 82.5 cm³/mol. The van der Waals surface area contributed by atoms with Crippen LogP contribution >= 0.6 is 0 Å². The Morgan fingerprint density at radius 1 is 1.19 bits per heavy atom. The summed E-state index contributed by atoms with van der Waals surface area (Å²) in [7, 11) is 0. The summed E-state index contributed by atoms with van der Waals surface area (Å²) in [6.07, 6.45) is 3.39. The topological polar surface area (TPSA) is 35.2 Å². The summed E-state index contributed by atoms with van der Waals surface area (Å²) >= 11 is 0. The first kappa shape index (κ1) is 14.1. The molecule has 2 nitrogen and oxygen atoms in total. The molecule has 0 heterocycles. The molecular formula is C18H20FNO. The molecule has 0 bridgehead atoms. The maximum absolute atomic E-state index is 13.0. The first-order valence-electron chi connectivity index (χ1n) is 7.46. The highest BCUT2D eigenvalue weighted by molar-refractivity contribution is 5.43. The summed E-state index contributed by atoms with van der Waals surface area (Å²) < 4.78 is 18.8. The van der Waals surface area contributed by atoms with Gasteiger partial charge in [0.25, 0.3) is 0 Å². The quantitative estimate of drug-likeness (QED) is 0.907. The molecule has 1 aliphatic rings. The Labute approximate surface area is 124 Å². The van der Waals surface area contributed by atoms with Crippen molar-refractivity contribution in [3.05, 3.63) is 59.2 Å². The monoisotopic (exact) mass is 285 g/mol. The fraction of sp³-hybridized carbons (Fsp3) is 0.333. The smallest absolute Gasteiger partial charge is 0.133 e. The number of benzene rings is 2. The lowest BCUT2D eigenvalue weighted by Crippen LogP contribution is -2.18. The largest absolute Gasteiger partial charge is 0.457 e. The molecule has 0 saturated carbocycles. The summed E-state index contributed by atoms with van der Waals surface area (Å²) in [6.45, 7) is 0.175. The van der Waals surface area contributed by atoms with Crippen molar-refractivity contribution >= 4 is 0 Å². The maximum Gasteiger partial charge on any atom is 0.133 e. The maximum atomic E-state index is 13.0. The zero-order valence-corrected chi connectivity index (χ0v) is 12.0. The van der Waals surface area contributed by atoms with Crippen LogP contribution in [0.4, 0.5) is 4.39 Å². The van der Waals surface area contributed by atoms with Crippen LogP contribution in [0.5, 0.6) is 11.5 Å². The lowest BCUT2D eigenvalue weighted by Gasteiger charge is -2.24. The summed E-state index contributed by atoms with van der Waals surface area (Å²) in [5.74, 6) is 1.82. The zero-order chi connectivity index (χ0) is 14.7. The molecule has 0 saturated heterocycles. The number of halogens is 1. The minimum atomic E-state index is -0.517. The minimum absolute atomic E-state index is 0.459.